The standard InChI is InChI=1S/C25H23N3O7/c29-22(21(17-7-3-1-4-8-17)27-23(30)18-9-5-2-6-10-18)24(31)26-20(25(32)33)15-16-11-13-19(14-12-16)28(34)35/h1-14,20-22,29H,15H2,(H,26,31)(H,27,30)(H,32,33)/t20-,21-,22+/m0/s1. The molecule has 0 fully saturated rings. The van der Waals surface area contributed by atoms with Crippen molar-refractivity contribution in [1.29, 1.82) is 0 Å². The van der Waals surface area contributed by atoms with Crippen LogP contribution in [0.5, 0.6) is 0 Å². The number of aliphatic hydroxyl groups excluding tert-OH is 1. The first-order valence-electron chi connectivity index (χ1n) is 10.6. The van der Waals surface area contributed by atoms with Crippen molar-refractivity contribution >= 4 is 23.5 Å². The molecular formula is C25H23N3O7. The first-order valence-corrected chi connectivity index (χ1v) is 10.6. The number of rotatable bonds is 10. The average molecular weight is 477 g/mol. The van der Waals surface area contributed by atoms with E-state index in [2.05, 4.69) is 10.6 Å². The highest BCUT2D eigenvalue weighted by molar-refractivity contribution is 5.95. The number of nitrogens with one attached hydrogen (secondary N) is 2. The van der Waals surface area contributed by atoms with E-state index in [1.807, 2.05) is 0 Å². The van der Waals surface area contributed by atoms with Crippen molar-refractivity contribution in [3.05, 3.63) is 112 Å². The fourth-order valence-electron chi connectivity index (χ4n) is 3.42. The van der Waals surface area contributed by atoms with Crippen LogP contribution in [0.25, 0.3) is 0 Å². The Morgan fingerprint density at radius 1 is 0.857 bits per heavy atom. The molecule has 0 bridgehead atoms. The Morgan fingerprint density at radius 2 is 1.43 bits per heavy atom. The van der Waals surface area contributed by atoms with Crippen LogP contribution in [0.15, 0.2) is 84.9 Å². The van der Waals surface area contributed by atoms with E-state index in [-0.39, 0.29) is 12.1 Å². The zero-order valence-corrected chi connectivity index (χ0v) is 18.4. The van der Waals surface area contributed by atoms with Gasteiger partial charge >= 0.3 is 5.97 Å². The lowest BCUT2D eigenvalue weighted by molar-refractivity contribution is -0.384. The highest BCUT2D eigenvalue weighted by atomic mass is 16.6. The number of carbonyl (C=O) groups excluding carboxylic acids is 2. The number of benzene rings is 3. The molecule has 0 aliphatic heterocycles. The van der Waals surface area contributed by atoms with Crippen molar-refractivity contribution in [2.75, 3.05) is 0 Å². The number of nitrogens with zero attached hydrogens (tertiary/aromatic N) is 1. The highest BCUT2D eigenvalue weighted by Crippen LogP contribution is 2.19. The summed E-state index contributed by atoms with van der Waals surface area (Å²) in [7, 11) is 0. The maximum Gasteiger partial charge on any atom is 0.326 e. The van der Waals surface area contributed by atoms with E-state index >= 15 is 0 Å². The SMILES string of the molecule is O=C(N[C@@H](c1ccccc1)[C@@H](O)C(=O)N[C@@H](Cc1ccc([N+](=O)[O-])cc1)C(=O)O)c1ccccc1. The van der Waals surface area contributed by atoms with E-state index < -0.39 is 40.9 Å². The topological polar surface area (TPSA) is 159 Å². The van der Waals surface area contributed by atoms with Crippen LogP contribution in [-0.4, -0.2) is 45.1 Å². The summed E-state index contributed by atoms with van der Waals surface area (Å²) in [6, 6.07) is 19.2. The number of non-ortho nitro benzene ring substituents is 1. The molecule has 0 spiro atoms. The van der Waals surface area contributed by atoms with E-state index in [0.717, 1.165) is 0 Å². The van der Waals surface area contributed by atoms with E-state index in [1.54, 1.807) is 60.7 Å². The van der Waals surface area contributed by atoms with Crippen LogP contribution in [0.4, 0.5) is 5.69 Å². The van der Waals surface area contributed by atoms with Crippen molar-refractivity contribution in [2.45, 2.75) is 24.6 Å². The van der Waals surface area contributed by atoms with Gasteiger partial charge in [0.1, 0.15) is 6.04 Å². The molecule has 10 nitrogen and oxygen atoms in total. The molecule has 10 heteroatoms. The number of aliphatic hydroxyl groups is 1. The number of carboxylic acids is 1. The Balaban J connectivity index is 1.77. The number of carbonyl (C=O) groups is 3. The number of nitro groups is 1. The summed E-state index contributed by atoms with van der Waals surface area (Å²) in [6.45, 7) is 0. The summed E-state index contributed by atoms with van der Waals surface area (Å²) >= 11 is 0. The van der Waals surface area contributed by atoms with Crippen LogP contribution in [0.1, 0.15) is 27.5 Å². The van der Waals surface area contributed by atoms with Crippen molar-refractivity contribution < 1.29 is 29.5 Å². The maximum atomic E-state index is 12.9. The molecule has 3 aromatic rings. The molecular weight excluding hydrogens is 454 g/mol. The fraction of sp³-hybridized carbons (Fsp3) is 0.160. The Hall–Kier alpha value is -4.57. The second-order valence-electron chi connectivity index (χ2n) is 7.70. The van der Waals surface area contributed by atoms with Crippen LogP contribution in [-0.2, 0) is 16.0 Å². The lowest BCUT2D eigenvalue weighted by atomic mass is 9.99. The van der Waals surface area contributed by atoms with Gasteiger partial charge in [-0.15, -0.1) is 0 Å². The van der Waals surface area contributed by atoms with Gasteiger partial charge in [-0.2, -0.15) is 0 Å². The number of aliphatic carboxylic acids is 1. The van der Waals surface area contributed by atoms with Crippen molar-refractivity contribution in [3.63, 3.8) is 0 Å². The molecule has 0 aromatic heterocycles. The zero-order valence-electron chi connectivity index (χ0n) is 18.4. The van der Waals surface area contributed by atoms with Crippen molar-refractivity contribution in [2.24, 2.45) is 0 Å². The fourth-order valence-corrected chi connectivity index (χ4v) is 3.42. The highest BCUT2D eigenvalue weighted by Gasteiger charge is 2.32. The van der Waals surface area contributed by atoms with E-state index in [0.29, 0.717) is 16.7 Å². The minimum absolute atomic E-state index is 0.153. The van der Waals surface area contributed by atoms with Crippen molar-refractivity contribution in [3.8, 4) is 0 Å². The number of carboxylic acid groups (broad SMARTS) is 1. The van der Waals surface area contributed by atoms with Crippen LogP contribution >= 0.6 is 0 Å². The summed E-state index contributed by atoms with van der Waals surface area (Å²) in [5.41, 5.74) is 1.05. The first-order chi connectivity index (χ1) is 16.8. The third kappa shape index (κ3) is 6.71. The molecule has 0 aliphatic rings. The molecule has 4 N–H and O–H groups in total. The van der Waals surface area contributed by atoms with Crippen LogP contribution < -0.4 is 10.6 Å². The molecule has 3 rings (SSSR count). The Morgan fingerprint density at radius 3 is 1.97 bits per heavy atom. The summed E-state index contributed by atoms with van der Waals surface area (Å²) in [6.07, 6.45) is -1.97. The van der Waals surface area contributed by atoms with Gasteiger partial charge in [-0.25, -0.2) is 4.79 Å². The number of nitro benzene ring substituents is 1. The van der Waals surface area contributed by atoms with Gasteiger partial charge in [-0.05, 0) is 23.3 Å². The van der Waals surface area contributed by atoms with Gasteiger partial charge in [-0.1, -0.05) is 60.7 Å². The Labute approximate surface area is 200 Å². The second kappa shape index (κ2) is 11.5. The predicted molar refractivity (Wildman–Crippen MR) is 125 cm³/mol. The maximum absolute atomic E-state index is 12.9. The summed E-state index contributed by atoms with van der Waals surface area (Å²) in [5.74, 6) is -2.87. The predicted octanol–water partition coefficient (Wildman–Crippen LogP) is 2.24. The summed E-state index contributed by atoms with van der Waals surface area (Å²) in [5, 5.41) is 36.1. The molecule has 0 saturated heterocycles. The van der Waals surface area contributed by atoms with E-state index in [4.69, 9.17) is 0 Å². The third-order valence-electron chi connectivity index (χ3n) is 5.27. The molecule has 0 unspecified atom stereocenters. The quantitative estimate of drug-likeness (QED) is 0.257. The van der Waals surface area contributed by atoms with Gasteiger partial charge in [0, 0.05) is 24.1 Å². The van der Waals surface area contributed by atoms with Gasteiger partial charge in [0.15, 0.2) is 6.10 Å². The molecule has 35 heavy (non-hydrogen) atoms. The molecule has 0 saturated carbocycles. The van der Waals surface area contributed by atoms with Gasteiger partial charge in [0.2, 0.25) is 0 Å². The molecule has 2 amide bonds. The third-order valence-corrected chi connectivity index (χ3v) is 5.27. The van der Waals surface area contributed by atoms with Gasteiger partial charge < -0.3 is 20.8 Å². The van der Waals surface area contributed by atoms with Gasteiger partial charge in [0.25, 0.3) is 17.5 Å². The van der Waals surface area contributed by atoms with Gasteiger partial charge in [0.05, 0.1) is 11.0 Å². The molecule has 180 valence electrons. The largest absolute Gasteiger partial charge is 0.480 e. The normalized spacial score (nSPS) is 13.2. The van der Waals surface area contributed by atoms with Crippen LogP contribution in [0.2, 0.25) is 0 Å². The number of hydrogen-bond acceptors (Lipinski definition) is 6. The zero-order chi connectivity index (χ0) is 25.4. The molecule has 0 radical (unpaired) electrons. The minimum Gasteiger partial charge on any atom is -0.480 e. The minimum atomic E-state index is -1.80. The summed E-state index contributed by atoms with van der Waals surface area (Å²) in [4.78, 5) is 47.6. The second-order valence-corrected chi connectivity index (χ2v) is 7.70. The molecule has 0 aliphatic carbocycles. The average Bonchev–Trinajstić information content (AvgIpc) is 2.87. The Kier molecular flexibility index (Phi) is 8.25. The monoisotopic (exact) mass is 477 g/mol. The molecule has 3 aromatic carbocycles. The lowest BCUT2D eigenvalue weighted by Crippen LogP contribution is -2.50. The van der Waals surface area contributed by atoms with Crippen molar-refractivity contribution in [1.82, 2.24) is 10.6 Å². The van der Waals surface area contributed by atoms with E-state index in [1.165, 1.54) is 24.3 Å². The molecule has 3 atom stereocenters. The molecule has 0 heterocycles. The van der Waals surface area contributed by atoms with Crippen LogP contribution in [0, 0.1) is 10.1 Å². The first kappa shape index (κ1) is 25.1. The smallest absolute Gasteiger partial charge is 0.326 e. The van der Waals surface area contributed by atoms with Crippen LogP contribution in [0.3, 0.4) is 0 Å². The van der Waals surface area contributed by atoms with E-state index in [9.17, 15) is 34.7 Å². The number of hydrogen-bond donors (Lipinski definition) is 4. The lowest BCUT2D eigenvalue weighted by Gasteiger charge is -2.25. The summed E-state index contributed by atoms with van der Waals surface area (Å²) < 4.78 is 0. The number of amides is 2. The van der Waals surface area contributed by atoms with Gasteiger partial charge in [-0.3, -0.25) is 19.7 Å². The Bertz CT molecular complexity index is 1180.